The van der Waals surface area contributed by atoms with Crippen LogP contribution in [-0.4, -0.2) is 4.57 Å². The predicted octanol–water partition coefficient (Wildman–Crippen LogP) is 12.1. The van der Waals surface area contributed by atoms with E-state index in [9.17, 15) is 0 Å². The smallest absolute Gasteiger partial charge is 0.0540 e. The molecule has 0 aliphatic carbocycles. The van der Waals surface area contributed by atoms with Crippen molar-refractivity contribution in [3.63, 3.8) is 0 Å². The minimum Gasteiger partial charge on any atom is -0.309 e. The van der Waals surface area contributed by atoms with E-state index >= 15 is 0 Å². The van der Waals surface area contributed by atoms with Gasteiger partial charge in [0.25, 0.3) is 0 Å². The summed E-state index contributed by atoms with van der Waals surface area (Å²) < 4.78 is 2.42. The molecule has 7 aromatic carbocycles. The fourth-order valence-corrected chi connectivity index (χ4v) is 7.12. The van der Waals surface area contributed by atoms with Crippen LogP contribution in [0, 0.1) is 6.92 Å². The lowest BCUT2D eigenvalue weighted by molar-refractivity contribution is 1.17. The highest BCUT2D eigenvalue weighted by Crippen LogP contribution is 2.38. The van der Waals surface area contributed by atoms with Gasteiger partial charge < -0.3 is 4.57 Å². The predicted molar refractivity (Wildman–Crippen MR) is 196 cm³/mol. The zero-order valence-corrected chi connectivity index (χ0v) is 25.9. The molecule has 45 heavy (non-hydrogen) atoms. The fraction of sp³-hybridized carbons (Fsp3) is 0.0233. The van der Waals surface area contributed by atoms with Crippen LogP contribution in [0.15, 0.2) is 169 Å². The van der Waals surface area contributed by atoms with E-state index in [1.165, 1.54) is 54.6 Å². The normalized spacial score (nSPS) is 11.3. The van der Waals surface area contributed by atoms with Gasteiger partial charge in [-0.3, -0.25) is 0 Å². The van der Waals surface area contributed by atoms with Gasteiger partial charge in [-0.25, -0.2) is 0 Å². The Hall–Kier alpha value is -5.31. The van der Waals surface area contributed by atoms with Crippen LogP contribution < -0.4 is 0 Å². The zero-order valence-electron chi connectivity index (χ0n) is 25.0. The van der Waals surface area contributed by atoms with Gasteiger partial charge in [0, 0.05) is 21.4 Å². The summed E-state index contributed by atoms with van der Waals surface area (Å²) in [5.41, 5.74) is 9.43. The first-order valence-corrected chi connectivity index (χ1v) is 15.8. The van der Waals surface area contributed by atoms with Crippen molar-refractivity contribution < 1.29 is 0 Å². The molecule has 8 aromatic rings. The first-order valence-electron chi connectivity index (χ1n) is 15.3. The minimum absolute atomic E-state index is 0.983. The van der Waals surface area contributed by atoms with Crippen LogP contribution in [0.4, 0.5) is 0 Å². The van der Waals surface area contributed by atoms with Crippen LogP contribution in [0.2, 0.25) is 0 Å². The van der Waals surface area contributed by atoms with E-state index in [0.29, 0.717) is 0 Å². The summed E-state index contributed by atoms with van der Waals surface area (Å²) >= 11 is 4.79. The zero-order chi connectivity index (χ0) is 30.3. The third kappa shape index (κ3) is 4.66. The molecule has 0 spiro atoms. The Balaban J connectivity index is 1.57. The van der Waals surface area contributed by atoms with Crippen LogP contribution in [0.1, 0.15) is 5.56 Å². The van der Waals surface area contributed by atoms with Crippen molar-refractivity contribution in [2.75, 3.05) is 0 Å². The molecule has 0 N–H and O–H groups in total. The van der Waals surface area contributed by atoms with Gasteiger partial charge >= 0.3 is 0 Å². The molecule has 1 aromatic heterocycles. The fourth-order valence-electron chi connectivity index (χ4n) is 6.84. The maximum absolute atomic E-state index is 4.79. The summed E-state index contributed by atoms with van der Waals surface area (Å²) in [7, 11) is 0. The number of benzene rings is 7. The lowest BCUT2D eigenvalue weighted by Gasteiger charge is -2.16. The highest BCUT2D eigenvalue weighted by molar-refractivity contribution is 7.80. The van der Waals surface area contributed by atoms with Gasteiger partial charge in [0.05, 0.1) is 11.0 Å². The average molecular weight is 594 g/mol. The molecular weight excluding hydrogens is 563 g/mol. The van der Waals surface area contributed by atoms with Crippen molar-refractivity contribution in [3.05, 3.63) is 169 Å². The van der Waals surface area contributed by atoms with Crippen LogP contribution in [0.25, 0.3) is 71.3 Å². The molecule has 0 unspecified atom stereocenters. The molecule has 0 saturated carbocycles. The van der Waals surface area contributed by atoms with Gasteiger partial charge in [-0.15, -0.1) is 12.6 Å². The summed E-state index contributed by atoms with van der Waals surface area (Å²) in [5, 5.41) is 7.30. The van der Waals surface area contributed by atoms with E-state index in [1.807, 2.05) is 6.07 Å². The first kappa shape index (κ1) is 27.3. The van der Waals surface area contributed by atoms with Crippen LogP contribution >= 0.6 is 12.6 Å². The van der Waals surface area contributed by atoms with Gasteiger partial charge in [0.1, 0.15) is 0 Å². The van der Waals surface area contributed by atoms with Gasteiger partial charge in [0.15, 0.2) is 0 Å². The third-order valence-electron chi connectivity index (χ3n) is 8.96. The molecule has 0 saturated heterocycles. The molecule has 214 valence electrons. The summed E-state index contributed by atoms with van der Waals surface area (Å²) in [6, 6.07) is 59.1. The van der Waals surface area contributed by atoms with E-state index in [4.69, 9.17) is 12.6 Å². The second-order valence-corrected chi connectivity index (χ2v) is 12.0. The van der Waals surface area contributed by atoms with Crippen molar-refractivity contribution in [3.8, 4) is 27.9 Å². The summed E-state index contributed by atoms with van der Waals surface area (Å²) in [6.07, 6.45) is 0. The highest BCUT2D eigenvalue weighted by atomic mass is 32.1. The standard InChI is InChI=1S/C43H31NS/c1-29-32(22-13-23-33(29)39-21-10-12-25-43(39)45)30-26-27-42-40(28-30)37-19-8-6-17-35(37)34-16-5-7-18-36(34)38-20-9-11-24-41(38)44(42)31-14-3-2-4-15-31/h2-28,45H,1H3. The van der Waals surface area contributed by atoms with Crippen molar-refractivity contribution in [1.82, 2.24) is 4.57 Å². The molecule has 8 rings (SSSR count). The molecule has 0 amide bonds. The lowest BCUT2D eigenvalue weighted by atomic mass is 9.91. The number of thiol groups is 1. The van der Waals surface area contributed by atoms with E-state index in [2.05, 4.69) is 169 Å². The van der Waals surface area contributed by atoms with Crippen molar-refractivity contribution in [2.45, 2.75) is 11.8 Å². The third-order valence-corrected chi connectivity index (χ3v) is 9.35. The topological polar surface area (TPSA) is 4.93 Å². The van der Waals surface area contributed by atoms with Gasteiger partial charge in [-0.05, 0) is 92.7 Å². The molecule has 0 radical (unpaired) electrons. The summed E-state index contributed by atoms with van der Waals surface area (Å²) in [5.74, 6) is 0. The van der Waals surface area contributed by atoms with Crippen LogP contribution in [0.5, 0.6) is 0 Å². The van der Waals surface area contributed by atoms with Crippen LogP contribution in [-0.2, 0) is 0 Å². The Kier molecular flexibility index (Phi) is 6.85. The largest absolute Gasteiger partial charge is 0.309 e. The van der Waals surface area contributed by atoms with Crippen molar-refractivity contribution in [2.24, 2.45) is 0 Å². The number of aromatic nitrogens is 1. The summed E-state index contributed by atoms with van der Waals surface area (Å²) in [6.45, 7) is 2.23. The molecule has 0 aliphatic heterocycles. The lowest BCUT2D eigenvalue weighted by Crippen LogP contribution is -1.98. The van der Waals surface area contributed by atoms with Crippen molar-refractivity contribution >= 4 is 56.0 Å². The molecule has 1 heterocycles. The Labute approximate surface area is 268 Å². The number of nitrogens with zero attached hydrogens (tertiary/aromatic N) is 1. The number of hydrogen-bond donors (Lipinski definition) is 1. The second kappa shape index (κ2) is 11.3. The molecule has 0 bridgehead atoms. The maximum atomic E-state index is 4.79. The number of rotatable bonds is 3. The second-order valence-electron chi connectivity index (χ2n) is 11.5. The Morgan fingerprint density at radius 2 is 0.911 bits per heavy atom. The highest BCUT2D eigenvalue weighted by Gasteiger charge is 2.14. The minimum atomic E-state index is 0.983. The van der Waals surface area contributed by atoms with E-state index in [1.54, 1.807) is 0 Å². The quantitative estimate of drug-likeness (QED) is 0.194. The van der Waals surface area contributed by atoms with E-state index in [-0.39, 0.29) is 0 Å². The van der Waals surface area contributed by atoms with Crippen molar-refractivity contribution in [1.29, 1.82) is 0 Å². The molecular formula is C43H31NS. The molecule has 2 heteroatoms. The van der Waals surface area contributed by atoms with Crippen LogP contribution in [0.3, 0.4) is 0 Å². The van der Waals surface area contributed by atoms with Gasteiger partial charge in [0.2, 0.25) is 0 Å². The molecule has 0 atom stereocenters. The van der Waals surface area contributed by atoms with E-state index < -0.39 is 0 Å². The first-order chi connectivity index (χ1) is 22.2. The Bertz CT molecular complexity index is 2450. The Morgan fingerprint density at radius 3 is 1.62 bits per heavy atom. The number of hydrogen-bond acceptors (Lipinski definition) is 1. The number of fused-ring (bicyclic) bond motifs is 7. The Morgan fingerprint density at radius 1 is 0.400 bits per heavy atom. The molecule has 1 nitrogen and oxygen atoms in total. The molecule has 0 aliphatic rings. The SMILES string of the molecule is Cc1c(-c2ccc3c(c2)c2ccccc2c2ccccc2c2ccccc2n3-c2ccccc2)cccc1-c1ccccc1S. The van der Waals surface area contributed by atoms with Gasteiger partial charge in [-0.2, -0.15) is 0 Å². The summed E-state index contributed by atoms with van der Waals surface area (Å²) in [4.78, 5) is 0.983. The molecule has 0 fully saturated rings. The monoisotopic (exact) mass is 593 g/mol. The maximum Gasteiger partial charge on any atom is 0.0540 e. The number of para-hydroxylation sites is 2. The van der Waals surface area contributed by atoms with E-state index in [0.717, 1.165) is 27.2 Å². The van der Waals surface area contributed by atoms with Gasteiger partial charge in [-0.1, -0.05) is 127 Å². The average Bonchev–Trinajstić information content (AvgIpc) is 3.13.